The fourth-order valence-electron chi connectivity index (χ4n) is 5.01. The first kappa shape index (κ1) is 20.7. The molecule has 2 fully saturated rings. The Morgan fingerprint density at radius 1 is 1.06 bits per heavy atom. The smallest absolute Gasteiger partial charge is 0.250 e. The molecule has 0 N–H and O–H groups in total. The Kier molecular flexibility index (Phi) is 5.24. The Morgan fingerprint density at radius 3 is 2.62 bits per heavy atom. The second kappa shape index (κ2) is 8.08. The first-order valence-electron chi connectivity index (χ1n) is 10.9. The van der Waals surface area contributed by atoms with E-state index < -0.39 is 11.6 Å². The number of rotatable bonds is 3. The lowest BCUT2D eigenvalue weighted by molar-refractivity contribution is -0.130. The van der Waals surface area contributed by atoms with Crippen molar-refractivity contribution < 1.29 is 13.6 Å². The highest BCUT2D eigenvalue weighted by Crippen LogP contribution is 2.42. The highest BCUT2D eigenvalue weighted by Gasteiger charge is 2.42. The van der Waals surface area contributed by atoms with Gasteiger partial charge in [0.1, 0.15) is 7.85 Å². The van der Waals surface area contributed by atoms with E-state index >= 15 is 0 Å². The molecule has 3 heterocycles. The molecular weight excluding hydrogens is 405 g/mol. The maximum atomic E-state index is 13.8. The van der Waals surface area contributed by atoms with E-state index in [-0.39, 0.29) is 18.0 Å². The number of aromatic nitrogens is 1. The van der Waals surface area contributed by atoms with Crippen LogP contribution in [0.2, 0.25) is 0 Å². The molecule has 2 radical (unpaired) electrons. The fourth-order valence-corrected chi connectivity index (χ4v) is 5.01. The van der Waals surface area contributed by atoms with Crippen molar-refractivity contribution in [2.45, 2.75) is 44.7 Å². The number of aryl methyl sites for hydroxylation is 1. The summed E-state index contributed by atoms with van der Waals surface area (Å²) in [6.07, 6.45) is 9.15. The van der Waals surface area contributed by atoms with Gasteiger partial charge in [-0.2, -0.15) is 0 Å². The third kappa shape index (κ3) is 3.68. The molecule has 1 aromatic heterocycles. The van der Waals surface area contributed by atoms with E-state index in [2.05, 4.69) is 0 Å². The van der Waals surface area contributed by atoms with Crippen molar-refractivity contribution in [2.24, 2.45) is 0 Å². The lowest BCUT2D eigenvalue weighted by Crippen LogP contribution is -2.40. The molecule has 2 aliphatic rings. The maximum Gasteiger partial charge on any atom is 0.250 e. The number of benzene rings is 2. The predicted octanol–water partition coefficient (Wildman–Crippen LogP) is 4.77. The van der Waals surface area contributed by atoms with Crippen LogP contribution >= 0.6 is 0 Å². The van der Waals surface area contributed by atoms with Gasteiger partial charge >= 0.3 is 0 Å². The van der Waals surface area contributed by atoms with Gasteiger partial charge in [-0.15, -0.1) is 0 Å². The molecule has 2 aromatic carbocycles. The molecule has 1 amide bonds. The van der Waals surface area contributed by atoms with Gasteiger partial charge in [-0.25, -0.2) is 8.78 Å². The van der Waals surface area contributed by atoms with Crippen LogP contribution in [0.1, 0.15) is 48.4 Å². The van der Waals surface area contributed by atoms with E-state index in [0.717, 1.165) is 47.7 Å². The zero-order valence-electron chi connectivity index (χ0n) is 17.9. The number of amides is 1. The molecule has 0 unspecified atom stereocenters. The first-order valence-corrected chi connectivity index (χ1v) is 10.9. The molecule has 2 aliphatic heterocycles. The van der Waals surface area contributed by atoms with Gasteiger partial charge in [-0.05, 0) is 79.6 Å². The highest BCUT2D eigenvalue weighted by atomic mass is 19.2. The molecule has 2 atom stereocenters. The van der Waals surface area contributed by atoms with Gasteiger partial charge in [0, 0.05) is 29.7 Å². The average molecular weight is 428 g/mol. The van der Waals surface area contributed by atoms with Gasteiger partial charge in [0.05, 0.1) is 6.04 Å². The van der Waals surface area contributed by atoms with E-state index in [1.54, 1.807) is 6.07 Å². The molecule has 160 valence electrons. The van der Waals surface area contributed by atoms with Crippen molar-refractivity contribution in [1.29, 1.82) is 0 Å². The van der Waals surface area contributed by atoms with Crippen LogP contribution in [0.25, 0.3) is 11.8 Å². The average Bonchev–Trinajstić information content (AvgIpc) is 3.33. The monoisotopic (exact) mass is 428 g/mol. The molecule has 0 bridgehead atoms. The first-order chi connectivity index (χ1) is 15.4. The van der Waals surface area contributed by atoms with Crippen molar-refractivity contribution in [2.75, 3.05) is 0 Å². The van der Waals surface area contributed by atoms with Gasteiger partial charge in [-0.3, -0.25) is 4.79 Å². The number of hydrogen-bond acceptors (Lipinski definition) is 1. The van der Waals surface area contributed by atoms with Crippen molar-refractivity contribution >= 4 is 25.3 Å². The molecular formula is C26H23BF2N2O. The number of piperidine rings is 1. The minimum atomic E-state index is -0.875. The molecule has 3 nitrogen and oxygen atoms in total. The largest absolute Gasteiger partial charge is 0.329 e. The molecule has 6 heteroatoms. The third-order valence-corrected chi connectivity index (χ3v) is 6.55. The van der Waals surface area contributed by atoms with E-state index in [1.165, 1.54) is 6.07 Å². The van der Waals surface area contributed by atoms with Gasteiger partial charge in [-0.1, -0.05) is 23.7 Å². The number of nitrogens with zero attached hydrogens (tertiary/aromatic N) is 2. The van der Waals surface area contributed by atoms with Crippen molar-refractivity contribution in [1.82, 2.24) is 9.47 Å². The summed E-state index contributed by atoms with van der Waals surface area (Å²) in [5.41, 5.74) is 4.95. The molecule has 3 aromatic rings. The fraction of sp³-hybridized carbons (Fsp3) is 0.269. The summed E-state index contributed by atoms with van der Waals surface area (Å²) >= 11 is 0. The van der Waals surface area contributed by atoms with Crippen LogP contribution in [-0.2, 0) is 4.79 Å². The standard InChI is InChI=1S/C26H23BF2N2O/c1-16-9-10-30(15-16)25-8-5-17(12-21(25)27)11-19-13-20-3-2-4-24(31(20)26(19)32)18-6-7-22(28)23(29)14-18/h5-12,14-15,20,24H,2-4,13H2,1H3/b19-11+/t20-,24-/m0/s1. The summed E-state index contributed by atoms with van der Waals surface area (Å²) in [5, 5.41) is 0. The van der Waals surface area contributed by atoms with Crippen LogP contribution in [0.3, 0.4) is 0 Å². The molecule has 5 rings (SSSR count). The van der Waals surface area contributed by atoms with Crippen molar-refractivity contribution in [3.63, 3.8) is 0 Å². The Labute approximate surface area is 187 Å². The summed E-state index contributed by atoms with van der Waals surface area (Å²) in [7, 11) is 6.30. The summed E-state index contributed by atoms with van der Waals surface area (Å²) in [4.78, 5) is 15.2. The van der Waals surface area contributed by atoms with Crippen LogP contribution in [-0.4, -0.2) is 29.3 Å². The van der Waals surface area contributed by atoms with Gasteiger partial charge in [0.15, 0.2) is 11.6 Å². The number of halogens is 2. The predicted molar refractivity (Wildman–Crippen MR) is 122 cm³/mol. The number of carbonyl (C=O) groups excluding carboxylic acids is 1. The van der Waals surface area contributed by atoms with Crippen LogP contribution < -0.4 is 5.46 Å². The molecule has 0 saturated carbocycles. The van der Waals surface area contributed by atoms with E-state index in [9.17, 15) is 13.6 Å². The topological polar surface area (TPSA) is 25.2 Å². The van der Waals surface area contributed by atoms with Crippen molar-refractivity contribution in [3.8, 4) is 5.69 Å². The summed E-state index contributed by atoms with van der Waals surface area (Å²) in [6.45, 7) is 2.03. The van der Waals surface area contributed by atoms with Gasteiger partial charge < -0.3 is 9.47 Å². The van der Waals surface area contributed by atoms with Crippen molar-refractivity contribution in [3.05, 3.63) is 88.8 Å². The lowest BCUT2D eigenvalue weighted by atomic mass is 9.91. The number of carbonyl (C=O) groups is 1. The minimum Gasteiger partial charge on any atom is -0.329 e. The lowest BCUT2D eigenvalue weighted by Gasteiger charge is -2.37. The number of fused-ring (bicyclic) bond motifs is 1. The molecule has 32 heavy (non-hydrogen) atoms. The molecule has 0 spiro atoms. The molecule has 2 saturated heterocycles. The molecule has 0 aliphatic carbocycles. The maximum absolute atomic E-state index is 13.8. The van der Waals surface area contributed by atoms with Crippen LogP contribution in [0, 0.1) is 18.6 Å². The SMILES string of the molecule is [B]c1cc(/C=C2\C[C@@H]3CCC[C@@H](c4ccc(F)c(F)c4)N3C2=O)ccc1-n1ccc(C)c1. The quantitative estimate of drug-likeness (QED) is 0.436. The highest BCUT2D eigenvalue weighted by molar-refractivity contribution is 6.35. The minimum absolute atomic E-state index is 0.0342. The second-order valence-corrected chi connectivity index (χ2v) is 8.77. The zero-order valence-corrected chi connectivity index (χ0v) is 17.9. The summed E-state index contributed by atoms with van der Waals surface area (Å²) in [5.74, 6) is -1.78. The number of hydrogen-bond donors (Lipinski definition) is 0. The summed E-state index contributed by atoms with van der Waals surface area (Å²) < 4.78 is 29.2. The Morgan fingerprint density at radius 2 is 1.91 bits per heavy atom. The van der Waals surface area contributed by atoms with Gasteiger partial charge in [0.25, 0.3) is 5.91 Å². The normalized spacial score (nSPS) is 21.9. The van der Waals surface area contributed by atoms with E-state index in [1.807, 2.05) is 59.1 Å². The van der Waals surface area contributed by atoms with Crippen LogP contribution in [0.15, 0.2) is 60.4 Å². The van der Waals surface area contributed by atoms with Crippen LogP contribution in [0.4, 0.5) is 8.78 Å². The van der Waals surface area contributed by atoms with E-state index in [4.69, 9.17) is 7.85 Å². The van der Waals surface area contributed by atoms with Crippen LogP contribution in [0.5, 0.6) is 0 Å². The zero-order chi connectivity index (χ0) is 22.4. The Balaban J connectivity index is 1.42. The second-order valence-electron chi connectivity index (χ2n) is 8.77. The van der Waals surface area contributed by atoms with E-state index in [0.29, 0.717) is 17.4 Å². The third-order valence-electron chi connectivity index (χ3n) is 6.55. The van der Waals surface area contributed by atoms with Gasteiger partial charge in [0.2, 0.25) is 0 Å². The Hall–Kier alpha value is -3.15. The Bertz CT molecular complexity index is 1230. The summed E-state index contributed by atoms with van der Waals surface area (Å²) in [6, 6.07) is 11.6.